The number of benzene rings is 2. The minimum atomic E-state index is -0.230. The second-order valence-electron chi connectivity index (χ2n) is 6.25. The molecule has 2 atom stereocenters. The van der Waals surface area contributed by atoms with E-state index in [0.717, 1.165) is 30.4 Å². The van der Waals surface area contributed by atoms with Crippen LogP contribution < -0.4 is 0 Å². The van der Waals surface area contributed by atoms with Crippen LogP contribution in [-0.2, 0) is 4.79 Å². The maximum absolute atomic E-state index is 12.9. The molecule has 0 amide bonds. The van der Waals surface area contributed by atoms with Gasteiger partial charge in [-0.15, -0.1) is 0 Å². The van der Waals surface area contributed by atoms with Crippen molar-refractivity contribution in [3.05, 3.63) is 59.7 Å². The number of ketones is 1. The van der Waals surface area contributed by atoms with Gasteiger partial charge in [0.05, 0.1) is 0 Å². The number of unbranched alkanes of at least 4 members (excludes halogenated alkanes) is 1. The van der Waals surface area contributed by atoms with E-state index < -0.39 is 0 Å². The second-order valence-corrected chi connectivity index (χ2v) is 6.25. The molecule has 0 bridgehead atoms. The first-order valence-corrected chi connectivity index (χ1v) is 8.67. The summed E-state index contributed by atoms with van der Waals surface area (Å²) in [6.07, 6.45) is 3.27. The molecule has 0 aliphatic heterocycles. The van der Waals surface area contributed by atoms with E-state index in [9.17, 15) is 15.0 Å². The third-order valence-corrected chi connectivity index (χ3v) is 4.54. The SMILES string of the molecule is CCCCC(=O)[C@@H](c1ccc(O)cc1)[C@H](CC)c1ccc(O)cc1. The van der Waals surface area contributed by atoms with E-state index in [-0.39, 0.29) is 29.1 Å². The van der Waals surface area contributed by atoms with Crippen LogP contribution in [0.4, 0.5) is 0 Å². The average molecular weight is 326 g/mol. The van der Waals surface area contributed by atoms with Crippen LogP contribution in [0.25, 0.3) is 0 Å². The van der Waals surface area contributed by atoms with Gasteiger partial charge in [0, 0.05) is 12.3 Å². The molecule has 2 aromatic carbocycles. The summed E-state index contributed by atoms with van der Waals surface area (Å²) in [5.41, 5.74) is 1.99. The standard InChI is InChI=1S/C21H26O3/c1-3-5-6-20(24)21(16-9-13-18(23)14-10-16)19(4-2)15-7-11-17(22)12-8-15/h7-14,19,21-23H,3-6H2,1-2H3/t19-,21+/m1/s1. The van der Waals surface area contributed by atoms with Gasteiger partial charge >= 0.3 is 0 Å². The van der Waals surface area contributed by atoms with Crippen molar-refractivity contribution in [2.24, 2.45) is 0 Å². The van der Waals surface area contributed by atoms with Crippen molar-refractivity contribution < 1.29 is 15.0 Å². The van der Waals surface area contributed by atoms with Crippen LogP contribution in [0.2, 0.25) is 0 Å². The van der Waals surface area contributed by atoms with E-state index in [1.165, 1.54) is 0 Å². The van der Waals surface area contributed by atoms with Gasteiger partial charge in [0.2, 0.25) is 0 Å². The van der Waals surface area contributed by atoms with Crippen molar-refractivity contribution in [1.82, 2.24) is 0 Å². The summed E-state index contributed by atoms with van der Waals surface area (Å²) in [4.78, 5) is 12.9. The predicted molar refractivity (Wildman–Crippen MR) is 96.5 cm³/mol. The maximum Gasteiger partial charge on any atom is 0.140 e. The van der Waals surface area contributed by atoms with Crippen LogP contribution in [0.1, 0.15) is 62.5 Å². The molecule has 0 radical (unpaired) electrons. The smallest absolute Gasteiger partial charge is 0.140 e. The van der Waals surface area contributed by atoms with Crippen LogP contribution in [0.15, 0.2) is 48.5 Å². The Kier molecular flexibility index (Phi) is 6.42. The molecule has 0 aromatic heterocycles. The molecule has 0 saturated heterocycles. The van der Waals surface area contributed by atoms with Crippen molar-refractivity contribution in [3.63, 3.8) is 0 Å². The molecule has 0 aliphatic carbocycles. The molecule has 0 fully saturated rings. The Hall–Kier alpha value is -2.29. The molecule has 2 aromatic rings. The summed E-state index contributed by atoms with van der Waals surface area (Å²) in [6, 6.07) is 14.1. The third kappa shape index (κ3) is 4.38. The molecule has 128 valence electrons. The second kappa shape index (κ2) is 8.53. The zero-order chi connectivity index (χ0) is 17.5. The normalized spacial score (nSPS) is 13.4. The van der Waals surface area contributed by atoms with Gasteiger partial charge in [0.15, 0.2) is 0 Å². The lowest BCUT2D eigenvalue weighted by atomic mass is 9.76. The van der Waals surface area contributed by atoms with Crippen LogP contribution in [0, 0.1) is 0 Å². The molecule has 0 saturated carbocycles. The molecular formula is C21H26O3. The van der Waals surface area contributed by atoms with Crippen molar-refractivity contribution in [2.75, 3.05) is 0 Å². The third-order valence-electron chi connectivity index (χ3n) is 4.54. The Morgan fingerprint density at radius 1 is 0.875 bits per heavy atom. The van der Waals surface area contributed by atoms with E-state index in [4.69, 9.17) is 0 Å². The number of hydrogen-bond donors (Lipinski definition) is 2. The molecule has 3 nitrogen and oxygen atoms in total. The Morgan fingerprint density at radius 3 is 1.83 bits per heavy atom. The largest absolute Gasteiger partial charge is 0.508 e. The number of carbonyl (C=O) groups is 1. The topological polar surface area (TPSA) is 57.5 Å². The fourth-order valence-electron chi connectivity index (χ4n) is 3.22. The summed E-state index contributed by atoms with van der Waals surface area (Å²) in [5.74, 6) is 0.497. The number of aromatic hydroxyl groups is 2. The van der Waals surface area contributed by atoms with E-state index >= 15 is 0 Å². The highest BCUT2D eigenvalue weighted by Gasteiger charge is 2.29. The van der Waals surface area contributed by atoms with Gasteiger partial charge < -0.3 is 10.2 Å². The highest BCUT2D eigenvalue weighted by molar-refractivity contribution is 5.87. The van der Waals surface area contributed by atoms with E-state index in [2.05, 4.69) is 13.8 Å². The molecule has 3 heteroatoms. The van der Waals surface area contributed by atoms with E-state index in [1.54, 1.807) is 24.3 Å². The molecule has 0 unspecified atom stereocenters. The number of carbonyl (C=O) groups excluding carboxylic acids is 1. The summed E-state index contributed by atoms with van der Waals surface area (Å²) in [5, 5.41) is 19.1. The van der Waals surface area contributed by atoms with Gasteiger partial charge in [0.1, 0.15) is 17.3 Å². The first kappa shape index (κ1) is 18.1. The van der Waals surface area contributed by atoms with Gasteiger partial charge in [-0.2, -0.15) is 0 Å². The molecule has 24 heavy (non-hydrogen) atoms. The van der Waals surface area contributed by atoms with Crippen molar-refractivity contribution in [3.8, 4) is 11.5 Å². The van der Waals surface area contributed by atoms with Gasteiger partial charge in [-0.25, -0.2) is 0 Å². The highest BCUT2D eigenvalue weighted by atomic mass is 16.3. The zero-order valence-electron chi connectivity index (χ0n) is 14.4. The molecule has 0 heterocycles. The van der Waals surface area contributed by atoms with Gasteiger partial charge in [0.25, 0.3) is 0 Å². The predicted octanol–water partition coefficient (Wildman–Crippen LogP) is 5.13. The lowest BCUT2D eigenvalue weighted by Gasteiger charge is -2.26. The fourth-order valence-corrected chi connectivity index (χ4v) is 3.22. The zero-order valence-corrected chi connectivity index (χ0v) is 14.4. The molecule has 2 rings (SSSR count). The molecule has 0 aliphatic rings. The fraction of sp³-hybridized carbons (Fsp3) is 0.381. The number of phenols is 2. The summed E-state index contributed by atoms with van der Waals surface area (Å²) in [7, 11) is 0. The average Bonchev–Trinajstić information content (AvgIpc) is 2.59. The lowest BCUT2D eigenvalue weighted by Crippen LogP contribution is -2.20. The molecule has 0 spiro atoms. The highest BCUT2D eigenvalue weighted by Crippen LogP contribution is 2.38. The summed E-state index contributed by atoms with van der Waals surface area (Å²) < 4.78 is 0. The van der Waals surface area contributed by atoms with Crippen molar-refractivity contribution in [2.45, 2.75) is 51.4 Å². The van der Waals surface area contributed by atoms with Crippen LogP contribution in [0.5, 0.6) is 11.5 Å². The molecular weight excluding hydrogens is 300 g/mol. The summed E-state index contributed by atoms with van der Waals surface area (Å²) in [6.45, 7) is 4.16. The summed E-state index contributed by atoms with van der Waals surface area (Å²) >= 11 is 0. The number of phenolic OH excluding ortho intramolecular Hbond substituents is 2. The Balaban J connectivity index is 2.40. The lowest BCUT2D eigenvalue weighted by molar-refractivity contribution is -0.121. The van der Waals surface area contributed by atoms with E-state index in [0.29, 0.717) is 6.42 Å². The Bertz CT molecular complexity index is 644. The minimum Gasteiger partial charge on any atom is -0.508 e. The first-order valence-electron chi connectivity index (χ1n) is 8.67. The van der Waals surface area contributed by atoms with Crippen molar-refractivity contribution >= 4 is 5.78 Å². The number of hydrogen-bond acceptors (Lipinski definition) is 3. The Morgan fingerprint density at radius 2 is 1.38 bits per heavy atom. The van der Waals surface area contributed by atoms with Crippen LogP contribution in [-0.4, -0.2) is 16.0 Å². The van der Waals surface area contributed by atoms with Gasteiger partial charge in [-0.1, -0.05) is 44.5 Å². The van der Waals surface area contributed by atoms with Crippen LogP contribution >= 0.6 is 0 Å². The molecule has 2 N–H and O–H groups in total. The Labute approximate surface area is 144 Å². The number of rotatable bonds is 8. The van der Waals surface area contributed by atoms with Gasteiger partial charge in [-0.05, 0) is 54.2 Å². The maximum atomic E-state index is 12.9. The quantitative estimate of drug-likeness (QED) is 0.706. The van der Waals surface area contributed by atoms with Crippen molar-refractivity contribution in [1.29, 1.82) is 0 Å². The monoisotopic (exact) mass is 326 g/mol. The van der Waals surface area contributed by atoms with Crippen LogP contribution in [0.3, 0.4) is 0 Å². The van der Waals surface area contributed by atoms with Gasteiger partial charge in [-0.3, -0.25) is 4.79 Å². The minimum absolute atomic E-state index is 0.0551. The van der Waals surface area contributed by atoms with E-state index in [1.807, 2.05) is 24.3 Å². The number of Topliss-reactive ketones (excluding diaryl/α,β-unsaturated/α-hetero) is 1. The first-order chi connectivity index (χ1) is 11.6.